The van der Waals surface area contributed by atoms with Gasteiger partial charge >= 0.3 is 0 Å². The summed E-state index contributed by atoms with van der Waals surface area (Å²) in [6.45, 7) is 14.5. The summed E-state index contributed by atoms with van der Waals surface area (Å²) in [5.74, 6) is 0. The lowest BCUT2D eigenvalue weighted by Gasteiger charge is -2.29. The smallest absolute Gasteiger partial charge is 0.000654 e. The third-order valence-electron chi connectivity index (χ3n) is 1.49. The van der Waals surface area contributed by atoms with Crippen molar-refractivity contribution in [2.75, 3.05) is 19.6 Å². The van der Waals surface area contributed by atoms with Gasteiger partial charge in [0.2, 0.25) is 0 Å². The molecule has 0 aromatic carbocycles. The lowest BCUT2D eigenvalue weighted by molar-refractivity contribution is 0.182. The highest BCUT2D eigenvalue weighted by molar-refractivity contribution is 4.66. The van der Waals surface area contributed by atoms with E-state index in [1.165, 1.54) is 38.9 Å². The molecule has 1 fully saturated rings. The van der Waals surface area contributed by atoms with Gasteiger partial charge in [-0.3, -0.25) is 0 Å². The van der Waals surface area contributed by atoms with Crippen molar-refractivity contribution in [2.24, 2.45) is 0 Å². The predicted molar refractivity (Wildman–Crippen MR) is 58.7 cm³/mol. The number of hydrogen-bond acceptors (Lipinski definition) is 1. The lowest BCUT2D eigenvalue weighted by atomic mass is 10.2. The van der Waals surface area contributed by atoms with Gasteiger partial charge < -0.3 is 4.90 Å². The van der Waals surface area contributed by atoms with Crippen molar-refractivity contribution in [1.82, 2.24) is 4.90 Å². The third kappa shape index (κ3) is 9.96. The molecule has 0 bridgehead atoms. The quantitative estimate of drug-likeness (QED) is 0.617. The molecule has 76 valence electrons. The van der Waals surface area contributed by atoms with Gasteiger partial charge in [-0.25, -0.2) is 0 Å². The van der Waals surface area contributed by atoms with E-state index in [0.717, 1.165) is 0 Å². The Morgan fingerprint density at radius 1 is 1.00 bits per heavy atom. The number of likely N-dealkylation sites (tertiary alicyclic amines) is 1. The summed E-state index contributed by atoms with van der Waals surface area (Å²) in [4.78, 5) is 2.49. The molecule has 0 spiro atoms. The molecule has 0 radical (unpaired) electrons. The van der Waals surface area contributed by atoms with E-state index in [0.29, 0.717) is 0 Å². The van der Waals surface area contributed by atoms with Crippen LogP contribution in [-0.2, 0) is 0 Å². The molecule has 1 saturated heterocycles. The van der Waals surface area contributed by atoms with Gasteiger partial charge in [-0.1, -0.05) is 41.0 Å². The Bertz CT molecular complexity index is 58.0. The van der Waals surface area contributed by atoms with Crippen LogP contribution in [0.3, 0.4) is 0 Å². The summed E-state index contributed by atoms with van der Waals surface area (Å²) in [7, 11) is 0. The van der Waals surface area contributed by atoms with Crippen molar-refractivity contribution in [3.63, 3.8) is 0 Å². The zero-order valence-electron chi connectivity index (χ0n) is 9.69. The van der Waals surface area contributed by atoms with Crippen LogP contribution in [0.25, 0.3) is 0 Å². The summed E-state index contributed by atoms with van der Waals surface area (Å²) in [6.07, 6.45) is 4.00. The molecule has 1 heteroatoms. The van der Waals surface area contributed by atoms with E-state index in [4.69, 9.17) is 0 Å². The maximum absolute atomic E-state index is 2.49. The second kappa shape index (κ2) is 13.5. The third-order valence-corrected chi connectivity index (χ3v) is 1.49. The molecule has 12 heavy (non-hydrogen) atoms. The molecule has 1 aliphatic rings. The zero-order valence-corrected chi connectivity index (χ0v) is 9.69. The van der Waals surface area contributed by atoms with Crippen LogP contribution in [0.2, 0.25) is 0 Å². The lowest BCUT2D eigenvalue weighted by Crippen LogP contribution is -2.37. The van der Waals surface area contributed by atoms with Crippen molar-refractivity contribution in [3.8, 4) is 0 Å². The zero-order chi connectivity index (χ0) is 9.82. The Labute approximate surface area is 79.2 Å². The highest BCUT2D eigenvalue weighted by Gasteiger charge is 2.10. The molecule has 1 rings (SSSR count). The van der Waals surface area contributed by atoms with Crippen LogP contribution >= 0.6 is 0 Å². The van der Waals surface area contributed by atoms with Crippen LogP contribution in [0.1, 0.15) is 53.9 Å². The first-order chi connectivity index (χ1) is 5.85. The largest absolute Gasteiger partial charge is 0.303 e. The number of nitrogens with zero attached hydrogens (tertiary/aromatic N) is 1. The molecule has 0 unspecified atom stereocenters. The van der Waals surface area contributed by atoms with Crippen LogP contribution in [0.4, 0.5) is 0 Å². The minimum absolute atomic E-state index is 1.25. The summed E-state index contributed by atoms with van der Waals surface area (Å²) < 4.78 is 0. The fourth-order valence-corrected chi connectivity index (χ4v) is 0.922. The van der Waals surface area contributed by atoms with Gasteiger partial charge in [-0.15, -0.1) is 0 Å². The molecule has 0 aliphatic carbocycles. The number of rotatable bonds is 2. The Hall–Kier alpha value is -0.0400. The highest BCUT2D eigenvalue weighted by Crippen LogP contribution is 2.04. The van der Waals surface area contributed by atoms with Gasteiger partial charge in [0.05, 0.1) is 0 Å². The minimum Gasteiger partial charge on any atom is -0.303 e. The topological polar surface area (TPSA) is 3.24 Å². The van der Waals surface area contributed by atoms with E-state index >= 15 is 0 Å². The van der Waals surface area contributed by atoms with Crippen molar-refractivity contribution >= 4 is 0 Å². The molecule has 0 aromatic rings. The minimum atomic E-state index is 1.25. The summed E-state index contributed by atoms with van der Waals surface area (Å²) in [5.41, 5.74) is 0. The molecule has 0 N–H and O–H groups in total. The first-order valence-corrected chi connectivity index (χ1v) is 5.57. The Balaban J connectivity index is 0. The summed E-state index contributed by atoms with van der Waals surface area (Å²) in [5, 5.41) is 0. The fraction of sp³-hybridized carbons (Fsp3) is 1.00. The van der Waals surface area contributed by atoms with Crippen LogP contribution in [-0.4, -0.2) is 24.5 Å². The molecule has 0 atom stereocenters. The highest BCUT2D eigenvalue weighted by atomic mass is 15.2. The second-order valence-corrected chi connectivity index (χ2v) is 2.90. The summed E-state index contributed by atoms with van der Waals surface area (Å²) in [6, 6.07) is 0. The Kier molecular flexibility index (Phi) is 16.3. The normalized spacial score (nSPS) is 14.8. The molecule has 0 saturated carbocycles. The maximum atomic E-state index is 2.49. The molecular formula is C11H27N. The van der Waals surface area contributed by atoms with Gasteiger partial charge in [-0.05, 0) is 32.5 Å². The molecule has 1 heterocycles. The van der Waals surface area contributed by atoms with Crippen molar-refractivity contribution in [3.05, 3.63) is 0 Å². The predicted octanol–water partition coefficient (Wildman–Crippen LogP) is 3.54. The first-order valence-electron chi connectivity index (χ1n) is 5.57. The van der Waals surface area contributed by atoms with E-state index in [1.807, 2.05) is 13.8 Å². The summed E-state index contributed by atoms with van der Waals surface area (Å²) >= 11 is 0. The standard InChI is InChI=1S/C6H13N.C3H8.C2H6/c1-2-4-7-5-3-6-7;1-3-2;1-2/h2-6H2,1H3;3H2,1-2H3;1-2H3. The van der Waals surface area contributed by atoms with E-state index in [-0.39, 0.29) is 0 Å². The first kappa shape index (κ1) is 14.5. The Morgan fingerprint density at radius 2 is 1.42 bits per heavy atom. The molecule has 1 nitrogen and oxygen atoms in total. The van der Waals surface area contributed by atoms with Gasteiger partial charge in [0, 0.05) is 0 Å². The van der Waals surface area contributed by atoms with Gasteiger partial charge in [0.1, 0.15) is 0 Å². The van der Waals surface area contributed by atoms with E-state index in [9.17, 15) is 0 Å². The average molecular weight is 173 g/mol. The van der Waals surface area contributed by atoms with Crippen molar-refractivity contribution in [2.45, 2.75) is 53.9 Å². The van der Waals surface area contributed by atoms with E-state index < -0.39 is 0 Å². The fourth-order valence-electron chi connectivity index (χ4n) is 0.922. The van der Waals surface area contributed by atoms with Crippen LogP contribution in [0, 0.1) is 0 Å². The van der Waals surface area contributed by atoms with Crippen LogP contribution < -0.4 is 0 Å². The van der Waals surface area contributed by atoms with E-state index in [1.54, 1.807) is 0 Å². The Morgan fingerprint density at radius 3 is 1.50 bits per heavy atom. The van der Waals surface area contributed by atoms with Gasteiger partial charge in [-0.2, -0.15) is 0 Å². The molecule has 0 amide bonds. The average Bonchev–Trinajstić information content (AvgIpc) is 2.03. The second-order valence-electron chi connectivity index (χ2n) is 2.90. The molecule has 0 aromatic heterocycles. The monoisotopic (exact) mass is 173 g/mol. The van der Waals surface area contributed by atoms with E-state index in [2.05, 4.69) is 25.7 Å². The van der Waals surface area contributed by atoms with Crippen molar-refractivity contribution < 1.29 is 0 Å². The van der Waals surface area contributed by atoms with Crippen molar-refractivity contribution in [1.29, 1.82) is 0 Å². The van der Waals surface area contributed by atoms with Crippen LogP contribution in [0.15, 0.2) is 0 Å². The SMILES string of the molecule is CC.CCC.CCCN1CCC1. The van der Waals surface area contributed by atoms with Crippen LogP contribution in [0.5, 0.6) is 0 Å². The van der Waals surface area contributed by atoms with Gasteiger partial charge in [0.25, 0.3) is 0 Å². The molecular weight excluding hydrogens is 146 g/mol. The number of hydrogen-bond donors (Lipinski definition) is 0. The molecule has 1 aliphatic heterocycles. The van der Waals surface area contributed by atoms with Gasteiger partial charge in [0.15, 0.2) is 0 Å². The maximum Gasteiger partial charge on any atom is -0.000654 e.